The van der Waals surface area contributed by atoms with Crippen LogP contribution in [0.25, 0.3) is 0 Å². The summed E-state index contributed by atoms with van der Waals surface area (Å²) in [6.07, 6.45) is 4.03. The first-order valence-electron chi connectivity index (χ1n) is 6.59. The fourth-order valence-electron chi connectivity index (χ4n) is 2.18. The van der Waals surface area contributed by atoms with Gasteiger partial charge in [-0.3, -0.25) is 0 Å². The van der Waals surface area contributed by atoms with Crippen molar-refractivity contribution in [1.29, 1.82) is 0 Å². The largest absolute Gasteiger partial charge is 0.367 e. The lowest BCUT2D eigenvalue weighted by Gasteiger charge is -2.32. The number of hydrogen-bond donors (Lipinski definition) is 2. The van der Waals surface area contributed by atoms with Crippen molar-refractivity contribution >= 4 is 15.9 Å². The van der Waals surface area contributed by atoms with Crippen LogP contribution in [0.4, 0.5) is 0 Å². The Balaban J connectivity index is 2.59. The average Bonchev–Trinajstić information content (AvgIpc) is 2.39. The van der Waals surface area contributed by atoms with E-state index in [4.69, 9.17) is 0 Å². The molecule has 0 aliphatic carbocycles. The van der Waals surface area contributed by atoms with Gasteiger partial charge in [0.2, 0.25) is 0 Å². The maximum absolute atomic E-state index is 9.68. The molecule has 3 heteroatoms. The minimum Gasteiger partial charge on any atom is -0.367 e. The number of alkyl halides is 1. The first kappa shape index (κ1) is 15.7. The highest BCUT2D eigenvalue weighted by Gasteiger charge is 2.32. The van der Waals surface area contributed by atoms with E-state index >= 15 is 0 Å². The zero-order chi connectivity index (χ0) is 13.4. The number of unbranched alkanes of at least 4 members (excludes halogenated alkanes) is 3. The van der Waals surface area contributed by atoms with Gasteiger partial charge in [-0.05, 0) is 18.4 Å². The Kier molecular flexibility index (Phi) is 6.90. The Labute approximate surface area is 118 Å². The third-order valence-corrected chi connectivity index (χ3v) is 4.14. The van der Waals surface area contributed by atoms with Gasteiger partial charge in [-0.2, -0.15) is 0 Å². The fourth-order valence-corrected chi connectivity index (χ4v) is 2.58. The molecule has 2 nitrogen and oxygen atoms in total. The molecule has 0 fully saturated rings. The number of aliphatic hydroxyl groups excluding tert-OH is 1. The van der Waals surface area contributed by atoms with Crippen LogP contribution in [0.5, 0.6) is 0 Å². The molecule has 1 unspecified atom stereocenters. The molecular weight excluding hydrogens is 292 g/mol. The van der Waals surface area contributed by atoms with Crippen molar-refractivity contribution in [3.05, 3.63) is 35.9 Å². The number of halogens is 1. The molecule has 18 heavy (non-hydrogen) atoms. The highest BCUT2D eigenvalue weighted by molar-refractivity contribution is 9.09. The van der Waals surface area contributed by atoms with Crippen LogP contribution in [0.1, 0.15) is 44.6 Å². The van der Waals surface area contributed by atoms with Crippen LogP contribution >= 0.6 is 15.9 Å². The molecule has 0 aliphatic rings. The van der Waals surface area contributed by atoms with E-state index in [-0.39, 0.29) is 0 Å². The third kappa shape index (κ3) is 4.38. The summed E-state index contributed by atoms with van der Waals surface area (Å²) in [6.45, 7) is 1.93. The zero-order valence-corrected chi connectivity index (χ0v) is 12.6. The Morgan fingerprint density at radius 2 is 1.67 bits per heavy atom. The molecule has 0 aliphatic heterocycles. The van der Waals surface area contributed by atoms with Crippen LogP contribution in [-0.4, -0.2) is 21.8 Å². The molecule has 0 aromatic heterocycles. The molecule has 0 saturated carbocycles. The average molecular weight is 315 g/mol. The number of hydrogen-bond acceptors (Lipinski definition) is 2. The second kappa shape index (κ2) is 7.93. The Morgan fingerprint density at radius 3 is 2.22 bits per heavy atom. The van der Waals surface area contributed by atoms with Gasteiger partial charge in [0.1, 0.15) is 0 Å². The number of aliphatic hydroxyl groups is 2. The lowest BCUT2D eigenvalue weighted by molar-refractivity contribution is -0.0979. The molecule has 1 aromatic rings. The van der Waals surface area contributed by atoms with Crippen molar-refractivity contribution < 1.29 is 10.2 Å². The van der Waals surface area contributed by atoms with Gasteiger partial charge < -0.3 is 10.2 Å². The van der Waals surface area contributed by atoms with Crippen LogP contribution in [0, 0.1) is 0 Å². The standard InChI is InChI=1S/C15H23BrO2/c1-15(14(17)18,11-7-2-3-8-12-16)13-9-5-4-6-10-13/h4-6,9-10,14,17-18H,2-3,7-8,11-12H2,1H3. The number of benzene rings is 1. The minimum absolute atomic E-state index is 0.560. The van der Waals surface area contributed by atoms with E-state index in [1.54, 1.807) is 0 Å². The second-order valence-electron chi connectivity index (χ2n) is 5.01. The lowest BCUT2D eigenvalue weighted by atomic mass is 9.77. The molecule has 0 spiro atoms. The van der Waals surface area contributed by atoms with E-state index in [1.807, 2.05) is 37.3 Å². The van der Waals surface area contributed by atoms with Crippen LogP contribution in [-0.2, 0) is 5.41 Å². The quantitative estimate of drug-likeness (QED) is 0.437. The molecule has 102 valence electrons. The monoisotopic (exact) mass is 314 g/mol. The highest BCUT2D eigenvalue weighted by atomic mass is 79.9. The van der Waals surface area contributed by atoms with Crippen LogP contribution in [0.3, 0.4) is 0 Å². The van der Waals surface area contributed by atoms with Crippen molar-refractivity contribution in [3.63, 3.8) is 0 Å². The SMILES string of the molecule is CC(CCCCCCBr)(c1ccccc1)C(O)O. The molecule has 0 heterocycles. The molecule has 1 aromatic carbocycles. The number of rotatable bonds is 8. The summed E-state index contributed by atoms with van der Waals surface area (Å²) in [5, 5.41) is 20.4. The zero-order valence-electron chi connectivity index (χ0n) is 11.0. The van der Waals surface area contributed by atoms with E-state index in [0.29, 0.717) is 0 Å². The third-order valence-electron chi connectivity index (χ3n) is 3.58. The van der Waals surface area contributed by atoms with Crippen molar-refractivity contribution in [2.45, 2.75) is 50.7 Å². The summed E-state index contributed by atoms with van der Waals surface area (Å²) >= 11 is 3.42. The normalized spacial score (nSPS) is 14.7. The van der Waals surface area contributed by atoms with Gasteiger partial charge in [-0.25, -0.2) is 0 Å². The van der Waals surface area contributed by atoms with Gasteiger partial charge in [-0.15, -0.1) is 0 Å². The van der Waals surface area contributed by atoms with Gasteiger partial charge in [0.15, 0.2) is 6.29 Å². The summed E-state index contributed by atoms with van der Waals surface area (Å²) < 4.78 is 0. The first-order chi connectivity index (χ1) is 8.61. The minimum atomic E-state index is -1.31. The van der Waals surface area contributed by atoms with Gasteiger partial charge >= 0.3 is 0 Å². The van der Waals surface area contributed by atoms with Crippen LogP contribution < -0.4 is 0 Å². The predicted molar refractivity (Wildman–Crippen MR) is 78.9 cm³/mol. The molecule has 0 saturated heterocycles. The van der Waals surface area contributed by atoms with Crippen molar-refractivity contribution in [2.24, 2.45) is 0 Å². The topological polar surface area (TPSA) is 40.5 Å². The van der Waals surface area contributed by atoms with Gasteiger partial charge in [-0.1, -0.05) is 72.4 Å². The second-order valence-corrected chi connectivity index (χ2v) is 5.80. The molecule has 1 rings (SSSR count). The van der Waals surface area contributed by atoms with Crippen molar-refractivity contribution in [3.8, 4) is 0 Å². The molecule has 2 N–H and O–H groups in total. The van der Waals surface area contributed by atoms with Gasteiger partial charge in [0.05, 0.1) is 0 Å². The first-order valence-corrected chi connectivity index (χ1v) is 7.71. The molecule has 0 radical (unpaired) electrons. The van der Waals surface area contributed by atoms with Crippen molar-refractivity contribution in [1.82, 2.24) is 0 Å². The summed E-state index contributed by atoms with van der Waals surface area (Å²) in [5.41, 5.74) is 0.441. The predicted octanol–water partition coefficient (Wildman–Crippen LogP) is 3.60. The summed E-state index contributed by atoms with van der Waals surface area (Å²) in [7, 11) is 0. The summed E-state index contributed by atoms with van der Waals surface area (Å²) in [6, 6.07) is 9.78. The van der Waals surface area contributed by atoms with E-state index in [9.17, 15) is 10.2 Å². The Hall–Kier alpha value is -0.380. The Morgan fingerprint density at radius 1 is 1.06 bits per heavy atom. The van der Waals surface area contributed by atoms with E-state index in [0.717, 1.165) is 30.2 Å². The van der Waals surface area contributed by atoms with Crippen LogP contribution in [0.15, 0.2) is 30.3 Å². The lowest BCUT2D eigenvalue weighted by Crippen LogP contribution is -2.36. The summed E-state index contributed by atoms with van der Waals surface area (Å²) in [4.78, 5) is 0. The van der Waals surface area contributed by atoms with Gasteiger partial charge in [0.25, 0.3) is 0 Å². The molecule has 1 atom stereocenters. The fraction of sp³-hybridized carbons (Fsp3) is 0.600. The van der Waals surface area contributed by atoms with Gasteiger partial charge in [0, 0.05) is 10.7 Å². The van der Waals surface area contributed by atoms with E-state index in [2.05, 4.69) is 15.9 Å². The van der Waals surface area contributed by atoms with Crippen molar-refractivity contribution in [2.75, 3.05) is 5.33 Å². The molecule has 0 bridgehead atoms. The molecular formula is C15H23BrO2. The van der Waals surface area contributed by atoms with Crippen LogP contribution in [0.2, 0.25) is 0 Å². The smallest absolute Gasteiger partial charge is 0.160 e. The van der Waals surface area contributed by atoms with E-state index in [1.165, 1.54) is 12.8 Å². The maximum Gasteiger partial charge on any atom is 0.160 e. The highest BCUT2D eigenvalue weighted by Crippen LogP contribution is 2.32. The maximum atomic E-state index is 9.68. The molecule has 0 amide bonds. The Bertz CT molecular complexity index is 327. The summed E-state index contributed by atoms with van der Waals surface area (Å²) in [5.74, 6) is 0. The van der Waals surface area contributed by atoms with E-state index < -0.39 is 11.7 Å².